The molecule has 7 rings (SSSR count). The zero-order chi connectivity index (χ0) is 47.5. The number of unbranched alkanes of at least 4 members (excludes halogenated alkanes) is 2. The van der Waals surface area contributed by atoms with E-state index < -0.39 is 23.9 Å². The van der Waals surface area contributed by atoms with E-state index in [4.69, 9.17) is 18.9 Å². The summed E-state index contributed by atoms with van der Waals surface area (Å²) in [7, 11) is 0. The Hall–Kier alpha value is -6.50. The van der Waals surface area contributed by atoms with Gasteiger partial charge in [0.2, 0.25) is 0 Å². The summed E-state index contributed by atoms with van der Waals surface area (Å²) in [4.78, 5) is 58.3. The molecule has 0 bridgehead atoms. The minimum absolute atomic E-state index is 0.219. The highest BCUT2D eigenvalue weighted by atomic mass is 32.1. The summed E-state index contributed by atoms with van der Waals surface area (Å²) in [5, 5.41) is 0. The summed E-state index contributed by atoms with van der Waals surface area (Å²) >= 11 is 5.22. The van der Waals surface area contributed by atoms with Crippen LogP contribution in [0.25, 0.3) is 41.8 Å². The Morgan fingerprint density at radius 2 is 0.746 bits per heavy atom. The third kappa shape index (κ3) is 11.0. The average Bonchev–Trinajstić information content (AvgIpc) is 4.15. The van der Waals surface area contributed by atoms with Gasteiger partial charge in [0.1, 0.15) is 0 Å². The van der Waals surface area contributed by atoms with Crippen LogP contribution in [0.1, 0.15) is 141 Å². The Balaban J connectivity index is 1.20. The third-order valence-corrected chi connectivity index (χ3v) is 14.7. The number of ether oxygens (including phenoxy) is 4. The van der Waals surface area contributed by atoms with Gasteiger partial charge in [-0.1, -0.05) is 74.6 Å². The molecule has 3 heterocycles. The van der Waals surface area contributed by atoms with E-state index in [0.29, 0.717) is 44.5 Å². The number of carbonyl (C=O) groups excluding carboxylic acids is 4. The van der Waals surface area contributed by atoms with Crippen LogP contribution in [0.4, 0.5) is 0 Å². The molecule has 0 spiro atoms. The van der Waals surface area contributed by atoms with Gasteiger partial charge in [-0.15, -0.1) is 34.0 Å². The van der Waals surface area contributed by atoms with Gasteiger partial charge >= 0.3 is 23.9 Å². The van der Waals surface area contributed by atoms with Crippen molar-refractivity contribution in [2.75, 3.05) is 26.4 Å². The van der Waals surface area contributed by atoms with Gasteiger partial charge < -0.3 is 18.9 Å². The first kappa shape index (κ1) is 48.4. The second kappa shape index (κ2) is 22.8. The summed E-state index contributed by atoms with van der Waals surface area (Å²) in [5.41, 5.74) is 8.01. The number of hydrogen-bond donors (Lipinski definition) is 0. The molecule has 3 aromatic heterocycles. The minimum atomic E-state index is -0.492. The zero-order valence-electron chi connectivity index (χ0n) is 38.6. The van der Waals surface area contributed by atoms with Gasteiger partial charge in [0, 0.05) is 30.6 Å². The topological polar surface area (TPSA) is 105 Å². The summed E-state index contributed by atoms with van der Waals surface area (Å²) in [6.07, 6.45) is 6.35. The lowest BCUT2D eigenvalue weighted by atomic mass is 9.97. The number of carbonyl (C=O) groups is 4. The maximum Gasteiger partial charge on any atom is 0.338 e. The number of fused-ring (bicyclic) bond motifs is 2. The molecule has 0 atom stereocenters. The predicted octanol–water partition coefficient (Wildman–Crippen LogP) is 13.6. The average molecular weight is 949 g/mol. The van der Waals surface area contributed by atoms with E-state index in [1.807, 2.05) is 59.9 Å². The fourth-order valence-electron chi connectivity index (χ4n) is 7.83. The second-order valence-corrected chi connectivity index (χ2v) is 18.7. The first-order valence-corrected chi connectivity index (χ1v) is 25.3. The van der Waals surface area contributed by atoms with E-state index in [1.54, 1.807) is 62.5 Å². The predicted molar refractivity (Wildman–Crippen MR) is 270 cm³/mol. The van der Waals surface area contributed by atoms with Crippen molar-refractivity contribution < 1.29 is 38.1 Å². The lowest BCUT2D eigenvalue weighted by molar-refractivity contribution is 0.0511. The first-order valence-electron chi connectivity index (χ1n) is 22.8. The van der Waals surface area contributed by atoms with Gasteiger partial charge in [-0.05, 0) is 147 Å². The lowest BCUT2D eigenvalue weighted by Gasteiger charge is -2.08. The van der Waals surface area contributed by atoms with Gasteiger partial charge in [0.15, 0.2) is 0 Å². The van der Waals surface area contributed by atoms with Gasteiger partial charge in [0.25, 0.3) is 0 Å². The van der Waals surface area contributed by atoms with Crippen LogP contribution in [-0.2, 0) is 31.8 Å². The molecule has 0 unspecified atom stereocenters. The van der Waals surface area contributed by atoms with Crippen LogP contribution in [0.5, 0.6) is 0 Å². The molecule has 4 aliphatic rings. The highest BCUT2D eigenvalue weighted by molar-refractivity contribution is 7.27. The summed E-state index contributed by atoms with van der Waals surface area (Å²) in [6.45, 7) is 12.3. The highest BCUT2D eigenvalue weighted by Crippen LogP contribution is 2.47. The van der Waals surface area contributed by atoms with Crippen molar-refractivity contribution in [2.45, 2.75) is 80.1 Å². The Labute approximate surface area is 405 Å². The SMILES string of the molecule is CCCCc1c(-c2ccc(C#Cc3ccc4c(C(=O)OCC)cc(C(=O)OCC)c-4cc3)s2)sc(-c2ccc(C#Cc3ccc4c(C(=O)OCC)cc(C(=O)OCC)c-4cc3)s2)c1CCCC. The van der Waals surface area contributed by atoms with E-state index in [9.17, 15) is 19.2 Å². The highest BCUT2D eigenvalue weighted by Gasteiger charge is 2.27. The molecule has 4 aliphatic carbocycles. The molecule has 0 aliphatic heterocycles. The maximum absolute atomic E-state index is 12.9. The quantitative estimate of drug-likeness (QED) is 0.0536. The van der Waals surface area contributed by atoms with Crippen LogP contribution >= 0.6 is 34.0 Å². The summed E-state index contributed by atoms with van der Waals surface area (Å²) < 4.78 is 21.2. The molecular formula is C56H52O8S3. The molecule has 67 heavy (non-hydrogen) atoms. The van der Waals surface area contributed by atoms with Crippen molar-refractivity contribution in [1.29, 1.82) is 0 Å². The standard InChI is InChI=1S/C56H52O8S3/c1-7-13-15-43-44(16-14-8-2)52(50-32-26-38(66-50)24-18-36-21-29-41-42(30-22-36)48(56(60)64-12-6)34-47(41)55(59)63-11-5)67-51(43)49-31-25-37(65-49)23-17-35-19-27-39-40(28-20-35)46(54(58)62-10-4)33-45(39)53(57)61-9-3/h19-22,25-34H,7-16H2,1-6H3. The van der Waals surface area contributed by atoms with E-state index in [1.165, 1.54) is 30.6 Å². The van der Waals surface area contributed by atoms with Gasteiger partial charge in [0.05, 0.1) is 58.4 Å². The van der Waals surface area contributed by atoms with E-state index in [-0.39, 0.29) is 26.4 Å². The van der Waals surface area contributed by atoms with Gasteiger partial charge in [-0.3, -0.25) is 0 Å². The molecule has 342 valence electrons. The maximum atomic E-state index is 12.9. The minimum Gasteiger partial charge on any atom is -0.462 e. The van der Waals surface area contributed by atoms with E-state index in [2.05, 4.69) is 61.8 Å². The summed E-state index contributed by atoms with van der Waals surface area (Å²) in [5.74, 6) is 11.4. The van der Waals surface area contributed by atoms with Crippen molar-refractivity contribution in [3.05, 3.63) is 139 Å². The van der Waals surface area contributed by atoms with E-state index >= 15 is 0 Å². The molecule has 0 aromatic carbocycles. The molecule has 0 fully saturated rings. The molecular weight excluding hydrogens is 897 g/mol. The largest absolute Gasteiger partial charge is 0.462 e. The van der Waals surface area contributed by atoms with Gasteiger partial charge in [-0.2, -0.15) is 0 Å². The van der Waals surface area contributed by atoms with Crippen molar-refractivity contribution in [2.24, 2.45) is 0 Å². The lowest BCUT2D eigenvalue weighted by Crippen LogP contribution is -2.05. The zero-order valence-corrected chi connectivity index (χ0v) is 41.1. The van der Waals surface area contributed by atoms with Crippen LogP contribution < -0.4 is 0 Å². The molecule has 8 nitrogen and oxygen atoms in total. The van der Waals surface area contributed by atoms with Crippen LogP contribution in [0.3, 0.4) is 0 Å². The van der Waals surface area contributed by atoms with Gasteiger partial charge in [-0.25, -0.2) is 19.2 Å². The van der Waals surface area contributed by atoms with E-state index in [0.717, 1.165) is 59.4 Å². The molecule has 0 N–H and O–H groups in total. The fourth-order valence-corrected chi connectivity index (χ4v) is 11.2. The van der Waals surface area contributed by atoms with Crippen molar-refractivity contribution in [3.8, 4) is 65.4 Å². The van der Waals surface area contributed by atoms with Crippen molar-refractivity contribution >= 4 is 57.9 Å². The van der Waals surface area contributed by atoms with Crippen molar-refractivity contribution in [1.82, 2.24) is 0 Å². The monoisotopic (exact) mass is 948 g/mol. The molecule has 3 aromatic rings. The molecule has 0 amide bonds. The molecule has 0 radical (unpaired) electrons. The Morgan fingerprint density at radius 1 is 0.418 bits per heavy atom. The van der Waals surface area contributed by atoms with Crippen LogP contribution in [-0.4, -0.2) is 50.3 Å². The Morgan fingerprint density at radius 3 is 1.04 bits per heavy atom. The molecule has 0 saturated heterocycles. The normalized spacial score (nSPS) is 10.8. The first-order chi connectivity index (χ1) is 32.6. The Kier molecular flexibility index (Phi) is 16.5. The molecule has 0 saturated carbocycles. The fraction of sp³-hybridized carbons (Fsp3) is 0.286. The van der Waals surface area contributed by atoms with Crippen LogP contribution in [0, 0.1) is 23.7 Å². The Bertz CT molecular complexity index is 2690. The number of thiophene rings is 3. The van der Waals surface area contributed by atoms with Crippen molar-refractivity contribution in [3.63, 3.8) is 0 Å². The number of rotatable bonds is 16. The molecule has 11 heteroatoms. The van der Waals surface area contributed by atoms with Crippen LogP contribution in [0.2, 0.25) is 0 Å². The number of esters is 4. The second-order valence-electron chi connectivity index (χ2n) is 15.5. The summed E-state index contributed by atoms with van der Waals surface area (Å²) in [6, 6.07) is 26.4. The smallest absolute Gasteiger partial charge is 0.338 e. The number of hydrogen-bond acceptors (Lipinski definition) is 11. The third-order valence-electron chi connectivity index (χ3n) is 11.0. The van der Waals surface area contributed by atoms with Crippen LogP contribution in [0.15, 0.2) is 84.9 Å².